The smallest absolute Gasteiger partial charge is 0.429 e. The van der Waals surface area contributed by atoms with E-state index < -0.39 is 18.2 Å². The SMILES string of the molecule is NC[C@H](N)C(=O)OC(=O)OCc1ccccc1. The molecule has 0 bridgehead atoms. The second-order valence-corrected chi connectivity index (χ2v) is 3.29. The summed E-state index contributed by atoms with van der Waals surface area (Å²) in [7, 11) is 0. The van der Waals surface area contributed by atoms with Gasteiger partial charge in [0.05, 0.1) is 0 Å². The van der Waals surface area contributed by atoms with E-state index in [4.69, 9.17) is 16.2 Å². The minimum Gasteiger partial charge on any atom is -0.429 e. The lowest BCUT2D eigenvalue weighted by molar-refractivity contribution is -0.141. The van der Waals surface area contributed by atoms with Gasteiger partial charge >= 0.3 is 12.1 Å². The molecule has 0 aliphatic carbocycles. The molecule has 6 nitrogen and oxygen atoms in total. The fourth-order valence-electron chi connectivity index (χ4n) is 1.00. The van der Waals surface area contributed by atoms with Crippen LogP contribution >= 0.6 is 0 Å². The lowest BCUT2D eigenvalue weighted by Gasteiger charge is -2.08. The summed E-state index contributed by atoms with van der Waals surface area (Å²) in [6, 6.07) is 7.99. The third-order valence-electron chi connectivity index (χ3n) is 1.94. The molecule has 92 valence electrons. The minimum absolute atomic E-state index is 0.0326. The third-order valence-corrected chi connectivity index (χ3v) is 1.94. The van der Waals surface area contributed by atoms with Gasteiger partial charge in [-0.1, -0.05) is 30.3 Å². The number of esters is 1. The number of benzene rings is 1. The van der Waals surface area contributed by atoms with Crippen LogP contribution < -0.4 is 11.5 Å². The molecule has 6 heteroatoms. The lowest BCUT2D eigenvalue weighted by atomic mass is 10.2. The van der Waals surface area contributed by atoms with Gasteiger partial charge in [0, 0.05) is 6.54 Å². The molecule has 0 saturated heterocycles. The van der Waals surface area contributed by atoms with Crippen LogP contribution in [0.5, 0.6) is 0 Å². The average molecular weight is 238 g/mol. The summed E-state index contributed by atoms with van der Waals surface area (Å²) in [5.41, 5.74) is 11.2. The molecule has 0 aliphatic rings. The van der Waals surface area contributed by atoms with E-state index in [1.807, 2.05) is 6.07 Å². The van der Waals surface area contributed by atoms with Crippen molar-refractivity contribution in [3.63, 3.8) is 0 Å². The second kappa shape index (κ2) is 6.62. The van der Waals surface area contributed by atoms with E-state index in [0.29, 0.717) is 0 Å². The van der Waals surface area contributed by atoms with Gasteiger partial charge in [0.25, 0.3) is 0 Å². The van der Waals surface area contributed by atoms with Crippen molar-refractivity contribution in [1.29, 1.82) is 0 Å². The second-order valence-electron chi connectivity index (χ2n) is 3.29. The molecule has 0 heterocycles. The van der Waals surface area contributed by atoms with E-state index >= 15 is 0 Å². The molecule has 17 heavy (non-hydrogen) atoms. The summed E-state index contributed by atoms with van der Waals surface area (Å²) in [5.74, 6) is -0.898. The number of carbonyl (C=O) groups excluding carboxylic acids is 2. The molecule has 0 aromatic heterocycles. The van der Waals surface area contributed by atoms with E-state index in [1.54, 1.807) is 24.3 Å². The van der Waals surface area contributed by atoms with Gasteiger partial charge < -0.3 is 20.9 Å². The Labute approximate surface area is 98.5 Å². The van der Waals surface area contributed by atoms with Crippen molar-refractivity contribution in [2.45, 2.75) is 12.6 Å². The van der Waals surface area contributed by atoms with Crippen LogP contribution in [-0.2, 0) is 20.9 Å². The van der Waals surface area contributed by atoms with Crippen molar-refractivity contribution >= 4 is 12.1 Å². The highest BCUT2D eigenvalue weighted by Crippen LogP contribution is 2.01. The van der Waals surface area contributed by atoms with Crippen LogP contribution in [0, 0.1) is 0 Å². The van der Waals surface area contributed by atoms with Crippen molar-refractivity contribution in [1.82, 2.24) is 0 Å². The Morgan fingerprint density at radius 3 is 2.47 bits per heavy atom. The maximum Gasteiger partial charge on any atom is 0.516 e. The topological polar surface area (TPSA) is 105 Å². The van der Waals surface area contributed by atoms with Crippen molar-refractivity contribution in [3.05, 3.63) is 35.9 Å². The van der Waals surface area contributed by atoms with Crippen LogP contribution in [0.1, 0.15) is 5.56 Å². The van der Waals surface area contributed by atoms with E-state index in [9.17, 15) is 9.59 Å². The Morgan fingerprint density at radius 2 is 1.88 bits per heavy atom. The standard InChI is InChI=1S/C11H14N2O4/c12-6-9(13)10(14)17-11(15)16-7-8-4-2-1-3-5-8/h1-5,9H,6-7,12-13H2/t9-/m0/s1. The number of rotatable bonds is 4. The van der Waals surface area contributed by atoms with Crippen LogP contribution in [0.25, 0.3) is 0 Å². The normalized spacial score (nSPS) is 11.6. The van der Waals surface area contributed by atoms with E-state index in [1.165, 1.54) is 0 Å². The maximum atomic E-state index is 11.1. The Kier molecular flexibility index (Phi) is 5.12. The highest BCUT2D eigenvalue weighted by atomic mass is 16.7. The van der Waals surface area contributed by atoms with E-state index in [-0.39, 0.29) is 13.2 Å². The molecular formula is C11H14N2O4. The summed E-state index contributed by atoms with van der Waals surface area (Å²) in [5, 5.41) is 0. The van der Waals surface area contributed by atoms with Crippen molar-refractivity contribution in [2.75, 3.05) is 6.54 Å². The largest absolute Gasteiger partial charge is 0.516 e. The van der Waals surface area contributed by atoms with Gasteiger partial charge in [-0.15, -0.1) is 0 Å². The van der Waals surface area contributed by atoms with Crippen LogP contribution in [0.3, 0.4) is 0 Å². The molecule has 1 aromatic carbocycles. The predicted molar refractivity (Wildman–Crippen MR) is 59.7 cm³/mol. The van der Waals surface area contributed by atoms with Gasteiger partial charge in [-0.25, -0.2) is 9.59 Å². The van der Waals surface area contributed by atoms with Gasteiger partial charge in [0.15, 0.2) is 0 Å². The number of carbonyl (C=O) groups is 2. The molecule has 0 amide bonds. The fourth-order valence-corrected chi connectivity index (χ4v) is 1.00. The molecule has 0 spiro atoms. The average Bonchev–Trinajstić information content (AvgIpc) is 2.36. The molecule has 0 aliphatic heterocycles. The first kappa shape index (κ1) is 13.1. The Hall–Kier alpha value is -1.92. The Morgan fingerprint density at radius 1 is 1.24 bits per heavy atom. The molecule has 1 aromatic rings. The van der Waals surface area contributed by atoms with Crippen LogP contribution in [0.4, 0.5) is 4.79 Å². The zero-order valence-electron chi connectivity index (χ0n) is 9.17. The predicted octanol–water partition coefficient (Wildman–Crippen LogP) is 0.152. The lowest BCUT2D eigenvalue weighted by Crippen LogP contribution is -2.40. The molecule has 4 N–H and O–H groups in total. The summed E-state index contributed by atoms with van der Waals surface area (Å²) in [4.78, 5) is 22.2. The first-order chi connectivity index (χ1) is 8.13. The van der Waals surface area contributed by atoms with Crippen molar-refractivity contribution < 1.29 is 19.1 Å². The number of ether oxygens (including phenoxy) is 2. The quantitative estimate of drug-likeness (QED) is 0.571. The monoisotopic (exact) mass is 238 g/mol. The molecule has 0 saturated carbocycles. The molecule has 0 unspecified atom stereocenters. The van der Waals surface area contributed by atoms with E-state index in [2.05, 4.69) is 4.74 Å². The van der Waals surface area contributed by atoms with E-state index in [0.717, 1.165) is 5.56 Å². The number of nitrogens with two attached hydrogens (primary N) is 2. The zero-order valence-corrected chi connectivity index (χ0v) is 9.17. The van der Waals surface area contributed by atoms with Crippen molar-refractivity contribution in [2.24, 2.45) is 11.5 Å². The highest BCUT2D eigenvalue weighted by Gasteiger charge is 2.18. The molecule has 0 fully saturated rings. The summed E-state index contributed by atoms with van der Waals surface area (Å²) in [6.07, 6.45) is -1.08. The van der Waals surface area contributed by atoms with Gasteiger partial charge in [0.2, 0.25) is 0 Å². The van der Waals surface area contributed by atoms with Gasteiger partial charge in [0.1, 0.15) is 12.6 Å². The molecular weight excluding hydrogens is 224 g/mol. The summed E-state index contributed by atoms with van der Waals surface area (Å²) in [6.45, 7) is -0.0599. The van der Waals surface area contributed by atoms with Crippen LogP contribution in [0.15, 0.2) is 30.3 Å². The maximum absolute atomic E-state index is 11.1. The van der Waals surface area contributed by atoms with Gasteiger partial charge in [-0.05, 0) is 5.56 Å². The zero-order chi connectivity index (χ0) is 12.7. The van der Waals surface area contributed by atoms with Gasteiger partial charge in [-0.3, -0.25) is 0 Å². The minimum atomic E-state index is -1.08. The Balaban J connectivity index is 2.33. The molecule has 1 rings (SSSR count). The first-order valence-corrected chi connectivity index (χ1v) is 5.01. The van der Waals surface area contributed by atoms with Crippen LogP contribution in [-0.4, -0.2) is 24.7 Å². The fraction of sp³-hybridized carbons (Fsp3) is 0.273. The van der Waals surface area contributed by atoms with Crippen molar-refractivity contribution in [3.8, 4) is 0 Å². The first-order valence-electron chi connectivity index (χ1n) is 5.01. The summed E-state index contributed by atoms with van der Waals surface area (Å²) < 4.78 is 9.03. The van der Waals surface area contributed by atoms with Gasteiger partial charge in [-0.2, -0.15) is 0 Å². The Bertz CT molecular complexity index is 380. The highest BCUT2D eigenvalue weighted by molar-refractivity contribution is 5.85. The third kappa shape index (κ3) is 4.62. The molecule has 0 radical (unpaired) electrons. The van der Waals surface area contributed by atoms with Crippen LogP contribution in [0.2, 0.25) is 0 Å². The number of hydrogen-bond donors (Lipinski definition) is 2. The summed E-state index contributed by atoms with van der Waals surface area (Å²) >= 11 is 0. The molecule has 1 atom stereocenters. The number of hydrogen-bond acceptors (Lipinski definition) is 6.